The van der Waals surface area contributed by atoms with Crippen molar-refractivity contribution in [2.24, 2.45) is 0 Å². The molecule has 1 aliphatic carbocycles. The molecule has 0 saturated heterocycles. The Balaban J connectivity index is 1.77. The summed E-state index contributed by atoms with van der Waals surface area (Å²) in [6, 6.07) is 13.2. The lowest BCUT2D eigenvalue weighted by Gasteiger charge is -2.26. The Morgan fingerprint density at radius 3 is 2.36 bits per heavy atom. The fourth-order valence-corrected chi connectivity index (χ4v) is 3.62. The minimum atomic E-state index is -0.897. The highest BCUT2D eigenvalue weighted by Gasteiger charge is 2.47. The molecule has 4 nitrogen and oxygen atoms in total. The summed E-state index contributed by atoms with van der Waals surface area (Å²) in [5.74, 6) is -0.374. The number of carbonyl (C=O) groups is 2. The van der Waals surface area contributed by atoms with E-state index in [9.17, 15) is 9.59 Å². The van der Waals surface area contributed by atoms with Gasteiger partial charge in [-0.3, -0.25) is 9.59 Å². The number of halogens is 1. The molecule has 0 radical (unpaired) electrons. The Labute approximate surface area is 136 Å². The van der Waals surface area contributed by atoms with Crippen LogP contribution in [0.3, 0.4) is 0 Å². The topological polar surface area (TPSA) is 58.2 Å². The van der Waals surface area contributed by atoms with E-state index < -0.39 is 5.54 Å². The maximum atomic E-state index is 12.8. The van der Waals surface area contributed by atoms with Crippen molar-refractivity contribution in [1.82, 2.24) is 5.32 Å². The summed E-state index contributed by atoms with van der Waals surface area (Å²) in [6.45, 7) is 0. The summed E-state index contributed by atoms with van der Waals surface area (Å²) in [6.07, 6.45) is 1.05. The fourth-order valence-electron chi connectivity index (χ4n) is 3.26. The number of rotatable bonds is 0. The summed E-state index contributed by atoms with van der Waals surface area (Å²) in [5, 5.41) is 5.87. The van der Waals surface area contributed by atoms with E-state index in [1.807, 2.05) is 30.3 Å². The highest BCUT2D eigenvalue weighted by Crippen LogP contribution is 2.34. The molecule has 2 aromatic rings. The lowest BCUT2D eigenvalue weighted by atomic mass is 9.94. The largest absolute Gasteiger partial charge is 0.337 e. The van der Waals surface area contributed by atoms with Gasteiger partial charge in [0.05, 0.1) is 11.3 Å². The molecule has 110 valence electrons. The lowest BCUT2D eigenvalue weighted by Crippen LogP contribution is -2.56. The molecule has 0 saturated carbocycles. The van der Waals surface area contributed by atoms with Crippen molar-refractivity contribution in [3.8, 4) is 0 Å². The van der Waals surface area contributed by atoms with E-state index in [2.05, 4.69) is 26.6 Å². The molecule has 2 N–H and O–H groups in total. The van der Waals surface area contributed by atoms with Gasteiger partial charge in [0.1, 0.15) is 5.54 Å². The Kier molecular flexibility index (Phi) is 2.87. The van der Waals surface area contributed by atoms with Gasteiger partial charge in [-0.05, 0) is 29.3 Å². The van der Waals surface area contributed by atoms with Crippen LogP contribution < -0.4 is 10.6 Å². The number of carbonyl (C=O) groups excluding carboxylic acids is 2. The molecule has 1 aliphatic heterocycles. The van der Waals surface area contributed by atoms with Gasteiger partial charge in [-0.25, -0.2) is 0 Å². The van der Waals surface area contributed by atoms with Gasteiger partial charge in [0.15, 0.2) is 0 Å². The highest BCUT2D eigenvalue weighted by molar-refractivity contribution is 9.10. The van der Waals surface area contributed by atoms with Crippen LogP contribution in [0.25, 0.3) is 0 Å². The average molecular weight is 357 g/mol. The van der Waals surface area contributed by atoms with Crippen molar-refractivity contribution < 1.29 is 9.59 Å². The minimum Gasteiger partial charge on any atom is -0.337 e. The number of hydrogen-bond donors (Lipinski definition) is 2. The summed E-state index contributed by atoms with van der Waals surface area (Å²) >= 11 is 3.36. The van der Waals surface area contributed by atoms with Crippen LogP contribution in [-0.2, 0) is 17.6 Å². The van der Waals surface area contributed by atoms with E-state index in [1.54, 1.807) is 12.1 Å². The second-order valence-corrected chi connectivity index (χ2v) is 6.72. The number of amides is 2. The molecule has 22 heavy (non-hydrogen) atoms. The maximum absolute atomic E-state index is 12.8. The van der Waals surface area contributed by atoms with Crippen molar-refractivity contribution >= 4 is 33.4 Å². The van der Waals surface area contributed by atoms with Crippen LogP contribution >= 0.6 is 15.9 Å². The third-order valence-corrected chi connectivity index (χ3v) is 4.86. The van der Waals surface area contributed by atoms with Crippen molar-refractivity contribution in [1.29, 1.82) is 0 Å². The monoisotopic (exact) mass is 356 g/mol. The molecule has 1 spiro atoms. The Morgan fingerprint density at radius 2 is 1.68 bits per heavy atom. The Morgan fingerprint density at radius 1 is 1.00 bits per heavy atom. The zero-order chi connectivity index (χ0) is 15.3. The van der Waals surface area contributed by atoms with Crippen molar-refractivity contribution in [2.75, 3.05) is 5.32 Å². The van der Waals surface area contributed by atoms with Crippen molar-refractivity contribution in [3.05, 3.63) is 63.6 Å². The normalized spacial score (nSPS) is 18.2. The average Bonchev–Trinajstić information content (AvgIpc) is 2.83. The third-order valence-electron chi connectivity index (χ3n) is 4.36. The minimum absolute atomic E-state index is 0.155. The lowest BCUT2D eigenvalue weighted by molar-refractivity contribution is -0.121. The van der Waals surface area contributed by atoms with Gasteiger partial charge in [-0.15, -0.1) is 0 Å². The van der Waals surface area contributed by atoms with E-state index in [4.69, 9.17) is 0 Å². The van der Waals surface area contributed by atoms with Crippen LogP contribution in [0.1, 0.15) is 21.5 Å². The number of anilines is 1. The van der Waals surface area contributed by atoms with Gasteiger partial charge in [0.25, 0.3) is 11.8 Å². The third kappa shape index (κ3) is 1.96. The van der Waals surface area contributed by atoms with Crippen LogP contribution in [0.15, 0.2) is 46.9 Å². The Hall–Kier alpha value is -2.14. The standard InChI is InChI=1S/C17H13BrN2O2/c18-12-5-6-14-13(7-12)15(21)20-17(16(22)19-14)8-10-3-1-2-4-11(10)9-17/h1-7H,8-9H2,(H,19,22)(H,20,21). The molecule has 2 aliphatic rings. The Bertz CT molecular complexity index is 791. The van der Waals surface area contributed by atoms with Crippen LogP contribution in [0, 0.1) is 0 Å². The summed E-state index contributed by atoms with van der Waals surface area (Å²) in [4.78, 5) is 25.4. The first-order valence-corrected chi connectivity index (χ1v) is 7.87. The zero-order valence-electron chi connectivity index (χ0n) is 11.7. The van der Waals surface area contributed by atoms with Crippen molar-refractivity contribution in [2.45, 2.75) is 18.4 Å². The van der Waals surface area contributed by atoms with Gasteiger partial charge >= 0.3 is 0 Å². The quantitative estimate of drug-likeness (QED) is 0.762. The molecular formula is C17H13BrN2O2. The fraction of sp³-hybridized carbons (Fsp3) is 0.176. The van der Waals surface area contributed by atoms with Gasteiger partial charge in [-0.1, -0.05) is 40.2 Å². The number of hydrogen-bond acceptors (Lipinski definition) is 2. The first-order valence-electron chi connectivity index (χ1n) is 7.08. The van der Waals surface area contributed by atoms with Gasteiger partial charge in [0.2, 0.25) is 0 Å². The first kappa shape index (κ1) is 13.5. The highest BCUT2D eigenvalue weighted by atomic mass is 79.9. The van der Waals surface area contributed by atoms with Gasteiger partial charge in [0, 0.05) is 17.3 Å². The molecule has 1 heterocycles. The summed E-state index contributed by atoms with van der Waals surface area (Å²) in [5.41, 5.74) is 2.37. The van der Waals surface area contributed by atoms with Gasteiger partial charge < -0.3 is 10.6 Å². The summed E-state index contributed by atoms with van der Waals surface area (Å²) < 4.78 is 0.807. The van der Waals surface area contributed by atoms with E-state index in [-0.39, 0.29) is 11.8 Å². The molecule has 0 unspecified atom stereocenters. The molecule has 2 aromatic carbocycles. The van der Waals surface area contributed by atoms with E-state index >= 15 is 0 Å². The number of fused-ring (bicyclic) bond motifs is 2. The molecule has 0 atom stereocenters. The van der Waals surface area contributed by atoms with Crippen LogP contribution in [0.2, 0.25) is 0 Å². The van der Waals surface area contributed by atoms with E-state index in [1.165, 1.54) is 0 Å². The summed E-state index contributed by atoms with van der Waals surface area (Å²) in [7, 11) is 0. The number of benzene rings is 2. The predicted octanol–water partition coefficient (Wildman–Crippen LogP) is 2.67. The molecule has 0 fully saturated rings. The zero-order valence-corrected chi connectivity index (χ0v) is 13.2. The van der Waals surface area contributed by atoms with Gasteiger partial charge in [-0.2, -0.15) is 0 Å². The van der Waals surface area contributed by atoms with E-state index in [0.29, 0.717) is 24.1 Å². The predicted molar refractivity (Wildman–Crippen MR) is 86.8 cm³/mol. The molecule has 5 heteroatoms. The SMILES string of the molecule is O=C1NC2(Cc3ccccc3C2)C(=O)Nc2ccc(Br)cc21. The molecule has 0 aromatic heterocycles. The maximum Gasteiger partial charge on any atom is 0.254 e. The smallest absolute Gasteiger partial charge is 0.254 e. The van der Waals surface area contributed by atoms with Crippen LogP contribution in [0.5, 0.6) is 0 Å². The second kappa shape index (κ2) is 4.68. The molecular weight excluding hydrogens is 344 g/mol. The van der Waals surface area contributed by atoms with E-state index in [0.717, 1.165) is 15.6 Å². The number of nitrogens with one attached hydrogen (secondary N) is 2. The molecule has 2 amide bonds. The van der Waals surface area contributed by atoms with Crippen LogP contribution in [0.4, 0.5) is 5.69 Å². The first-order chi connectivity index (χ1) is 10.6. The van der Waals surface area contributed by atoms with Crippen molar-refractivity contribution in [3.63, 3.8) is 0 Å². The second-order valence-electron chi connectivity index (χ2n) is 5.80. The molecule has 4 rings (SSSR count). The molecule has 0 bridgehead atoms. The van der Waals surface area contributed by atoms with Crippen LogP contribution in [-0.4, -0.2) is 17.4 Å².